The maximum atomic E-state index is 13.2. The summed E-state index contributed by atoms with van der Waals surface area (Å²) in [5, 5.41) is 1.19. The minimum atomic E-state index is -0.280. The molecule has 0 aliphatic carbocycles. The van der Waals surface area contributed by atoms with Gasteiger partial charge in [0.2, 0.25) is 0 Å². The highest BCUT2D eigenvalue weighted by Gasteiger charge is 2.11. The molecule has 0 unspecified atom stereocenters. The first-order valence-electron chi connectivity index (χ1n) is 7.53. The molecule has 2 nitrogen and oxygen atoms in total. The van der Waals surface area contributed by atoms with Crippen molar-refractivity contribution in [3.63, 3.8) is 0 Å². The highest BCUT2D eigenvalue weighted by atomic mass is 19.1. The fourth-order valence-electron chi connectivity index (χ4n) is 2.69. The van der Waals surface area contributed by atoms with Gasteiger partial charge in [-0.1, -0.05) is 18.2 Å². The number of hydrogen-bond donors (Lipinski definition) is 0. The highest BCUT2D eigenvalue weighted by Crippen LogP contribution is 2.27. The number of hydrogen-bond acceptors (Lipinski definition) is 1. The Balaban J connectivity index is 1.93. The van der Waals surface area contributed by atoms with Crippen LogP contribution in [0, 0.1) is 12.7 Å². The molecule has 1 heterocycles. The maximum Gasteiger partial charge on any atom is 0.126 e. The van der Waals surface area contributed by atoms with Crippen LogP contribution >= 0.6 is 0 Å². The van der Waals surface area contributed by atoms with Gasteiger partial charge in [0.15, 0.2) is 0 Å². The maximum absolute atomic E-state index is 13.2. The third-order valence-corrected chi connectivity index (χ3v) is 3.82. The zero-order valence-electron chi connectivity index (χ0n) is 13.1. The quantitative estimate of drug-likeness (QED) is 0.641. The van der Waals surface area contributed by atoms with Crippen molar-refractivity contribution in [3.8, 4) is 5.75 Å². The highest BCUT2D eigenvalue weighted by molar-refractivity contribution is 5.84. The van der Waals surface area contributed by atoms with Crippen LogP contribution in [-0.4, -0.2) is 4.57 Å². The molecule has 3 aromatic rings. The van der Waals surface area contributed by atoms with Crippen LogP contribution in [0.3, 0.4) is 0 Å². The summed E-state index contributed by atoms with van der Waals surface area (Å²) >= 11 is 0. The fraction of sp³-hybridized carbons (Fsp3) is 0.263. The number of aromatic nitrogens is 1. The summed E-state index contributed by atoms with van der Waals surface area (Å²) in [5.41, 5.74) is 3.57. The largest absolute Gasteiger partial charge is 0.489 e. The summed E-state index contributed by atoms with van der Waals surface area (Å²) in [6.07, 6.45) is 2.13. The van der Waals surface area contributed by atoms with Crippen LogP contribution in [0.2, 0.25) is 0 Å². The Kier molecular flexibility index (Phi) is 3.88. The number of benzene rings is 2. The predicted octanol–water partition coefficient (Wildman–Crippen LogP) is 5.25. The molecular formula is C19H20FNO. The van der Waals surface area contributed by atoms with E-state index in [1.807, 2.05) is 0 Å². The number of aryl methyl sites for hydroxylation is 1. The van der Waals surface area contributed by atoms with E-state index >= 15 is 0 Å². The normalized spacial score (nSPS) is 11.3. The minimum absolute atomic E-state index is 0.280. The van der Waals surface area contributed by atoms with E-state index in [1.54, 1.807) is 12.1 Å². The lowest BCUT2D eigenvalue weighted by atomic mass is 10.1. The van der Waals surface area contributed by atoms with E-state index in [9.17, 15) is 4.39 Å². The molecule has 0 atom stereocenters. The molecule has 3 heteroatoms. The number of ether oxygens (including phenoxy) is 1. The monoisotopic (exact) mass is 297 g/mol. The first-order valence-corrected chi connectivity index (χ1v) is 7.53. The molecule has 0 fully saturated rings. The van der Waals surface area contributed by atoms with Crippen molar-refractivity contribution in [2.45, 2.75) is 33.4 Å². The second-order valence-corrected chi connectivity index (χ2v) is 5.92. The number of fused-ring (bicyclic) bond motifs is 1. The van der Waals surface area contributed by atoms with E-state index in [2.05, 4.69) is 49.7 Å². The van der Waals surface area contributed by atoms with Crippen molar-refractivity contribution < 1.29 is 9.13 Å². The summed E-state index contributed by atoms with van der Waals surface area (Å²) in [6.45, 7) is 6.86. The smallest absolute Gasteiger partial charge is 0.126 e. The van der Waals surface area contributed by atoms with Gasteiger partial charge in [0.05, 0.1) is 0 Å². The molecule has 0 saturated heterocycles. The van der Waals surface area contributed by atoms with Crippen LogP contribution in [-0.2, 0) is 6.61 Å². The summed E-state index contributed by atoms with van der Waals surface area (Å²) < 4.78 is 21.2. The van der Waals surface area contributed by atoms with Gasteiger partial charge >= 0.3 is 0 Å². The molecule has 0 spiro atoms. The van der Waals surface area contributed by atoms with Crippen LogP contribution in [0.1, 0.15) is 31.0 Å². The van der Waals surface area contributed by atoms with Gasteiger partial charge in [-0.2, -0.15) is 0 Å². The molecule has 0 N–H and O–H groups in total. The lowest BCUT2D eigenvalue weighted by Gasteiger charge is -2.09. The van der Waals surface area contributed by atoms with Gasteiger partial charge in [-0.25, -0.2) is 4.39 Å². The topological polar surface area (TPSA) is 14.2 Å². The summed E-state index contributed by atoms with van der Waals surface area (Å²) in [7, 11) is 0. The van der Waals surface area contributed by atoms with Crippen LogP contribution < -0.4 is 4.74 Å². The molecule has 0 radical (unpaired) electrons. The minimum Gasteiger partial charge on any atom is -0.489 e. The lowest BCUT2D eigenvalue weighted by molar-refractivity contribution is 0.305. The van der Waals surface area contributed by atoms with Crippen molar-refractivity contribution in [2.75, 3.05) is 0 Å². The molecule has 0 amide bonds. The van der Waals surface area contributed by atoms with Gasteiger partial charge in [-0.15, -0.1) is 0 Å². The van der Waals surface area contributed by atoms with Gasteiger partial charge < -0.3 is 9.30 Å². The van der Waals surface area contributed by atoms with Crippen molar-refractivity contribution in [1.82, 2.24) is 4.57 Å². The molecule has 1 aromatic heterocycles. The molecular weight excluding hydrogens is 277 g/mol. The Hall–Kier alpha value is -2.29. The van der Waals surface area contributed by atoms with Crippen LogP contribution in [0.15, 0.2) is 48.7 Å². The van der Waals surface area contributed by atoms with Crippen molar-refractivity contribution in [3.05, 3.63) is 65.6 Å². The first kappa shape index (κ1) is 14.6. The van der Waals surface area contributed by atoms with E-state index in [4.69, 9.17) is 4.74 Å². The summed E-state index contributed by atoms with van der Waals surface area (Å²) in [6, 6.07) is 13.1. The third kappa shape index (κ3) is 2.84. The third-order valence-electron chi connectivity index (χ3n) is 3.82. The second kappa shape index (κ2) is 5.84. The summed E-state index contributed by atoms with van der Waals surface area (Å²) in [4.78, 5) is 0. The van der Waals surface area contributed by atoms with Gasteiger partial charge in [0.25, 0.3) is 0 Å². The average molecular weight is 297 g/mol. The van der Waals surface area contributed by atoms with E-state index in [-0.39, 0.29) is 5.82 Å². The molecule has 0 bridgehead atoms. The first-order chi connectivity index (χ1) is 10.5. The van der Waals surface area contributed by atoms with Crippen molar-refractivity contribution in [1.29, 1.82) is 0 Å². The molecule has 0 aliphatic rings. The Morgan fingerprint density at radius 1 is 1.14 bits per heavy atom. The van der Waals surface area contributed by atoms with E-state index in [0.29, 0.717) is 18.4 Å². The van der Waals surface area contributed by atoms with Crippen molar-refractivity contribution in [2.24, 2.45) is 0 Å². The van der Waals surface area contributed by atoms with E-state index < -0.39 is 0 Å². The average Bonchev–Trinajstić information content (AvgIpc) is 2.83. The number of nitrogens with zero attached hydrogens (tertiary/aromatic N) is 1. The molecule has 22 heavy (non-hydrogen) atoms. The van der Waals surface area contributed by atoms with Gasteiger partial charge in [-0.3, -0.25) is 0 Å². The zero-order valence-corrected chi connectivity index (χ0v) is 13.1. The number of halogens is 1. The van der Waals surface area contributed by atoms with E-state index in [1.165, 1.54) is 28.6 Å². The lowest BCUT2D eigenvalue weighted by Crippen LogP contribution is -1.98. The Labute approximate surface area is 130 Å². The van der Waals surface area contributed by atoms with Crippen LogP contribution in [0.5, 0.6) is 5.75 Å². The second-order valence-electron chi connectivity index (χ2n) is 5.92. The standard InChI is InChI=1S/C19H20FNO/c1-13(2)21-11-15(18-8-7-14(3)9-19(18)21)12-22-17-6-4-5-16(20)10-17/h4-11,13H,12H2,1-3H3. The number of rotatable bonds is 4. The SMILES string of the molecule is Cc1ccc2c(COc3cccc(F)c3)cn(C(C)C)c2c1. The molecule has 3 rings (SSSR count). The van der Waals surface area contributed by atoms with Crippen molar-refractivity contribution >= 4 is 10.9 Å². The Bertz CT molecular complexity index is 804. The summed E-state index contributed by atoms with van der Waals surface area (Å²) in [5.74, 6) is 0.273. The zero-order chi connectivity index (χ0) is 15.7. The van der Waals surface area contributed by atoms with Gasteiger partial charge in [0.1, 0.15) is 18.2 Å². The molecule has 0 saturated carbocycles. The fourth-order valence-corrected chi connectivity index (χ4v) is 2.69. The Morgan fingerprint density at radius 3 is 2.68 bits per heavy atom. The van der Waals surface area contributed by atoms with Crippen LogP contribution in [0.25, 0.3) is 10.9 Å². The predicted molar refractivity (Wildman–Crippen MR) is 87.8 cm³/mol. The van der Waals surface area contributed by atoms with Gasteiger partial charge in [0, 0.05) is 34.8 Å². The Morgan fingerprint density at radius 2 is 1.95 bits per heavy atom. The van der Waals surface area contributed by atoms with Crippen LogP contribution in [0.4, 0.5) is 4.39 Å². The molecule has 114 valence electrons. The molecule has 2 aromatic carbocycles. The van der Waals surface area contributed by atoms with Gasteiger partial charge in [-0.05, 0) is 44.5 Å². The molecule has 0 aliphatic heterocycles. The van der Waals surface area contributed by atoms with E-state index in [0.717, 1.165) is 5.56 Å².